The average molecular weight is 290 g/mol. The summed E-state index contributed by atoms with van der Waals surface area (Å²) in [6.45, 7) is 0. The van der Waals surface area contributed by atoms with E-state index in [4.69, 9.17) is 12.2 Å². The van der Waals surface area contributed by atoms with Crippen molar-refractivity contribution in [2.45, 2.75) is 0 Å². The van der Waals surface area contributed by atoms with E-state index in [0.29, 0.717) is 0 Å². The largest absolute Gasteiger partial charge is 0.154 e. The van der Waals surface area contributed by atoms with Gasteiger partial charge in [-0.15, -0.1) is 0 Å². The molecule has 0 amide bonds. The van der Waals surface area contributed by atoms with Crippen LogP contribution in [0.1, 0.15) is 0 Å². The van der Waals surface area contributed by atoms with Crippen molar-refractivity contribution in [3.8, 4) is 0 Å². The minimum Gasteiger partial charge on any atom is -0.0838 e. The van der Waals surface area contributed by atoms with Gasteiger partial charge in [-0.3, -0.25) is 0 Å². The molecule has 0 bridgehead atoms. The summed E-state index contributed by atoms with van der Waals surface area (Å²) < 4.78 is 1.22. The van der Waals surface area contributed by atoms with Crippen LogP contribution in [0.2, 0.25) is 0 Å². The molecular weight excluding hydrogens is 274 g/mol. The van der Waals surface area contributed by atoms with Crippen molar-refractivity contribution in [3.63, 3.8) is 0 Å². The zero-order valence-corrected chi connectivity index (χ0v) is 12.1. The molecule has 2 aromatic carbocycles. The van der Waals surface area contributed by atoms with Gasteiger partial charge in [0.1, 0.15) is 7.57 Å². The molecule has 0 unspecified atom stereocenters. The standard InChI is InChI=1S/C14H16BPS2/c1-18-14(17)16(15,12-8-4-2-5-9-12)13-10-6-3-7-11-13/h2-11H,1,15H3. The van der Waals surface area contributed by atoms with Crippen molar-refractivity contribution in [1.82, 2.24) is 0 Å². The van der Waals surface area contributed by atoms with E-state index in [1.165, 1.54) is 14.5 Å². The lowest BCUT2D eigenvalue weighted by Gasteiger charge is -2.29. The molecule has 0 atom stereocenters. The first-order chi connectivity index (χ1) is 8.69. The van der Waals surface area contributed by atoms with Gasteiger partial charge in [0.25, 0.3) is 0 Å². The Hall–Kier alpha value is -0.625. The van der Waals surface area contributed by atoms with Crippen molar-refractivity contribution >= 4 is 53.2 Å². The lowest BCUT2D eigenvalue weighted by Crippen LogP contribution is -2.26. The summed E-state index contributed by atoms with van der Waals surface area (Å²) >= 11 is 7.49. The number of benzene rings is 2. The second-order valence-electron chi connectivity index (χ2n) is 3.48. The average Bonchev–Trinajstić information content (AvgIpc) is 2.47. The fourth-order valence-electron chi connectivity index (χ4n) is 1.61. The van der Waals surface area contributed by atoms with Gasteiger partial charge in [-0.1, -0.05) is 48.2 Å². The van der Waals surface area contributed by atoms with Crippen LogP contribution in [-0.2, 0) is 0 Å². The van der Waals surface area contributed by atoms with Crippen LogP contribution in [0.4, 0.5) is 0 Å². The molecule has 0 radical (unpaired) electrons. The molecular formula is C14H16BPS2. The Morgan fingerprint density at radius 3 is 1.67 bits per heavy atom. The molecule has 0 saturated heterocycles. The van der Waals surface area contributed by atoms with Crippen LogP contribution in [0.3, 0.4) is 0 Å². The molecule has 0 aliphatic carbocycles. The second kappa shape index (κ2) is 6.01. The van der Waals surface area contributed by atoms with Crippen molar-refractivity contribution < 1.29 is 0 Å². The van der Waals surface area contributed by atoms with E-state index in [9.17, 15) is 0 Å². The Labute approximate surface area is 120 Å². The van der Waals surface area contributed by atoms with E-state index in [-0.39, 0.29) is 7.57 Å². The highest BCUT2D eigenvalue weighted by Gasteiger charge is 2.34. The predicted octanol–water partition coefficient (Wildman–Crippen LogP) is 2.58. The van der Waals surface area contributed by atoms with Gasteiger partial charge >= 0.3 is 0 Å². The predicted molar refractivity (Wildman–Crippen MR) is 95.1 cm³/mol. The Morgan fingerprint density at radius 1 is 0.944 bits per heavy atom. The summed E-state index contributed by atoms with van der Waals surface area (Å²) in [7, 11) is -1.22. The smallest absolute Gasteiger partial charge is 0.0838 e. The molecule has 2 aromatic rings. The number of hydrogen-bond donors (Lipinski definition) is 0. The highest BCUT2D eigenvalue weighted by Crippen LogP contribution is 2.55. The van der Waals surface area contributed by atoms with Gasteiger partial charge in [-0.05, 0) is 49.9 Å². The minimum atomic E-state index is -1.32. The van der Waals surface area contributed by atoms with Crippen LogP contribution in [0.25, 0.3) is 0 Å². The molecule has 0 spiro atoms. The molecule has 0 aliphatic heterocycles. The van der Waals surface area contributed by atoms with Gasteiger partial charge in [0.15, 0.2) is 3.94 Å². The van der Waals surface area contributed by atoms with Crippen LogP contribution in [0.15, 0.2) is 60.7 Å². The maximum Gasteiger partial charge on any atom is 0.154 e. The Balaban J connectivity index is 2.59. The van der Waals surface area contributed by atoms with E-state index in [1.807, 2.05) is 0 Å². The molecule has 0 aliphatic rings. The van der Waals surface area contributed by atoms with Crippen LogP contribution < -0.4 is 10.6 Å². The van der Waals surface area contributed by atoms with E-state index >= 15 is 0 Å². The maximum absolute atomic E-state index is 5.73. The number of hydrogen-bond acceptors (Lipinski definition) is 2. The fraction of sp³-hybridized carbons (Fsp3) is 0.0714. The summed E-state index contributed by atoms with van der Waals surface area (Å²) in [5.74, 6) is 0. The Bertz CT molecular complexity index is 489. The zero-order chi connectivity index (χ0) is 13.0. The first-order valence-corrected chi connectivity index (χ1v) is 8.28. The normalized spacial score (nSPS) is 11.2. The highest BCUT2D eigenvalue weighted by atomic mass is 32.2. The highest BCUT2D eigenvalue weighted by molar-refractivity contribution is 8.47. The first kappa shape index (κ1) is 13.8. The zero-order valence-electron chi connectivity index (χ0n) is 9.54. The molecule has 2 rings (SSSR count). The summed E-state index contributed by atoms with van der Waals surface area (Å²) in [6, 6.07) is 21.8. The molecule has 0 heterocycles. The third-order valence-electron chi connectivity index (χ3n) is 2.39. The van der Waals surface area contributed by atoms with E-state index < -0.39 is 7.14 Å². The van der Waals surface area contributed by atoms with Crippen molar-refractivity contribution in [2.24, 2.45) is 0 Å². The molecule has 0 N–H and O–H groups in total. The van der Waals surface area contributed by atoms with Gasteiger partial charge in [-0.2, -0.15) is 0 Å². The maximum atomic E-state index is 5.73. The Kier molecular flexibility index (Phi) is 4.61. The van der Waals surface area contributed by atoms with E-state index in [0.717, 1.165) is 0 Å². The lowest BCUT2D eigenvalue weighted by atomic mass is 10.4. The monoisotopic (exact) mass is 290 g/mol. The molecule has 0 nitrogen and oxygen atoms in total. The van der Waals surface area contributed by atoms with E-state index in [1.54, 1.807) is 11.8 Å². The summed E-state index contributed by atoms with van der Waals surface area (Å²) in [4.78, 5) is 0. The number of thiocarbonyl (C=S) groups is 1. The van der Waals surface area contributed by atoms with Crippen LogP contribution >= 0.6 is 31.1 Å². The van der Waals surface area contributed by atoms with Crippen LogP contribution in [0, 0.1) is 0 Å². The minimum absolute atomic E-state index is 0.102. The molecule has 92 valence electrons. The van der Waals surface area contributed by atoms with Crippen LogP contribution in [-0.4, -0.2) is 17.8 Å². The van der Waals surface area contributed by atoms with Gasteiger partial charge in [0.2, 0.25) is 0 Å². The lowest BCUT2D eigenvalue weighted by molar-refractivity contribution is 1.75. The SMILES string of the molecule is [BH3-][P+](C(=S)SC)(c1ccccc1)c1ccccc1. The number of rotatable bonds is 3. The third kappa shape index (κ3) is 2.54. The second-order valence-corrected chi connectivity index (χ2v) is 7.72. The fourth-order valence-corrected chi connectivity index (χ4v) is 5.26. The Morgan fingerprint density at radius 2 is 1.33 bits per heavy atom. The molecule has 0 fully saturated rings. The van der Waals surface area contributed by atoms with Gasteiger partial charge in [0.05, 0.1) is 10.6 Å². The summed E-state index contributed by atoms with van der Waals surface area (Å²) in [5.41, 5.74) is 0. The van der Waals surface area contributed by atoms with Crippen molar-refractivity contribution in [2.75, 3.05) is 6.26 Å². The van der Waals surface area contributed by atoms with Crippen molar-refractivity contribution in [1.29, 1.82) is 0 Å². The van der Waals surface area contributed by atoms with E-state index in [2.05, 4.69) is 66.9 Å². The molecule has 4 heteroatoms. The number of thioether (sulfide) groups is 1. The van der Waals surface area contributed by atoms with Crippen molar-refractivity contribution in [3.05, 3.63) is 60.7 Å². The summed E-state index contributed by atoms with van der Waals surface area (Å²) in [5, 5.41) is 2.94. The van der Waals surface area contributed by atoms with Gasteiger partial charge in [-0.25, -0.2) is 0 Å². The summed E-state index contributed by atoms with van der Waals surface area (Å²) in [6.07, 6.45) is 2.12. The van der Waals surface area contributed by atoms with Crippen LogP contribution in [0.5, 0.6) is 0 Å². The molecule has 0 aromatic heterocycles. The topological polar surface area (TPSA) is 0 Å². The quantitative estimate of drug-likeness (QED) is 0.484. The van der Waals surface area contributed by atoms with Gasteiger partial charge in [0, 0.05) is 0 Å². The molecule has 0 saturated carbocycles. The first-order valence-electron chi connectivity index (χ1n) is 5.31. The molecule has 18 heavy (non-hydrogen) atoms. The third-order valence-corrected chi connectivity index (χ3v) is 6.87. The van der Waals surface area contributed by atoms with Gasteiger partial charge < -0.3 is 0 Å².